The second kappa shape index (κ2) is 9.27. The van der Waals surface area contributed by atoms with Crippen LogP contribution in [0, 0.1) is 0 Å². The number of nitrogens with two attached hydrogens (primary N) is 1. The zero-order chi connectivity index (χ0) is 24.8. The van der Waals surface area contributed by atoms with Crippen molar-refractivity contribution in [1.82, 2.24) is 24.7 Å². The molecule has 3 aromatic heterocycles. The smallest absolute Gasteiger partial charge is 0.150 e. The van der Waals surface area contributed by atoms with Crippen LogP contribution < -0.4 is 11.1 Å². The Morgan fingerprint density at radius 1 is 0.838 bits per heavy atom. The maximum atomic E-state index is 6.43. The summed E-state index contributed by atoms with van der Waals surface area (Å²) in [7, 11) is 0. The van der Waals surface area contributed by atoms with Crippen LogP contribution in [0.1, 0.15) is 56.7 Å². The summed E-state index contributed by atoms with van der Waals surface area (Å²) in [6, 6.07) is 22.2. The highest BCUT2D eigenvalue weighted by atomic mass is 15.1. The Balaban J connectivity index is 1.22. The van der Waals surface area contributed by atoms with Crippen molar-refractivity contribution in [3.8, 4) is 22.5 Å². The molecule has 3 heterocycles. The Bertz CT molecular complexity index is 1560. The van der Waals surface area contributed by atoms with Gasteiger partial charge in [0.1, 0.15) is 22.9 Å². The SMILES string of the molecule is Nc1nccn2c(C3CC(NC4CCCCC4)C3)nc(-c3ccc4ccc(-c5ccccc5)nc4c3)c12. The molecular formula is C31H32N6. The molecule has 0 radical (unpaired) electrons. The number of pyridine rings is 1. The molecule has 186 valence electrons. The molecule has 0 saturated heterocycles. The third-order valence-electron chi connectivity index (χ3n) is 8.23. The molecule has 6 heteroatoms. The summed E-state index contributed by atoms with van der Waals surface area (Å²) < 4.78 is 2.16. The average Bonchev–Trinajstić information content (AvgIpc) is 3.31. The molecule has 37 heavy (non-hydrogen) atoms. The minimum Gasteiger partial charge on any atom is -0.382 e. The lowest BCUT2D eigenvalue weighted by molar-refractivity contribution is 0.232. The van der Waals surface area contributed by atoms with Gasteiger partial charge in [-0.1, -0.05) is 67.8 Å². The van der Waals surface area contributed by atoms with E-state index in [4.69, 9.17) is 15.7 Å². The van der Waals surface area contributed by atoms with E-state index in [-0.39, 0.29) is 0 Å². The van der Waals surface area contributed by atoms with E-state index in [1.54, 1.807) is 6.20 Å². The molecule has 3 N–H and O–H groups in total. The van der Waals surface area contributed by atoms with Crippen molar-refractivity contribution >= 4 is 22.2 Å². The number of aromatic nitrogens is 4. The number of nitrogen functional groups attached to an aromatic ring is 1. The first-order valence-electron chi connectivity index (χ1n) is 13.6. The molecular weight excluding hydrogens is 456 g/mol. The molecule has 0 spiro atoms. The van der Waals surface area contributed by atoms with Gasteiger partial charge in [-0.15, -0.1) is 0 Å². The van der Waals surface area contributed by atoms with Crippen molar-refractivity contribution in [1.29, 1.82) is 0 Å². The lowest BCUT2D eigenvalue weighted by Gasteiger charge is -2.38. The summed E-state index contributed by atoms with van der Waals surface area (Å²) in [5.41, 5.74) is 12.2. The fourth-order valence-electron chi connectivity index (χ4n) is 6.18. The number of anilines is 1. The van der Waals surface area contributed by atoms with E-state index in [0.29, 0.717) is 23.8 Å². The number of nitrogens with one attached hydrogen (secondary N) is 1. The van der Waals surface area contributed by atoms with Gasteiger partial charge in [-0.3, -0.25) is 4.40 Å². The van der Waals surface area contributed by atoms with Crippen molar-refractivity contribution < 1.29 is 0 Å². The van der Waals surface area contributed by atoms with Gasteiger partial charge < -0.3 is 11.1 Å². The van der Waals surface area contributed by atoms with Crippen molar-refractivity contribution in [3.05, 3.63) is 78.9 Å². The lowest BCUT2D eigenvalue weighted by atomic mass is 9.78. The van der Waals surface area contributed by atoms with E-state index in [9.17, 15) is 0 Å². The quantitative estimate of drug-likeness (QED) is 0.301. The van der Waals surface area contributed by atoms with Crippen LogP contribution in [0.3, 0.4) is 0 Å². The van der Waals surface area contributed by atoms with Gasteiger partial charge in [0.05, 0.1) is 11.2 Å². The predicted molar refractivity (Wildman–Crippen MR) is 149 cm³/mol. The Hall–Kier alpha value is -3.77. The van der Waals surface area contributed by atoms with Gasteiger partial charge in [0.15, 0.2) is 0 Å². The molecule has 0 amide bonds. The van der Waals surface area contributed by atoms with E-state index >= 15 is 0 Å². The van der Waals surface area contributed by atoms with Gasteiger partial charge in [0.2, 0.25) is 0 Å². The van der Waals surface area contributed by atoms with Crippen LogP contribution in [0.5, 0.6) is 0 Å². The maximum absolute atomic E-state index is 6.43. The molecule has 2 aliphatic rings. The van der Waals surface area contributed by atoms with E-state index in [0.717, 1.165) is 57.6 Å². The van der Waals surface area contributed by atoms with Crippen LogP contribution in [-0.4, -0.2) is 31.4 Å². The third-order valence-corrected chi connectivity index (χ3v) is 8.23. The van der Waals surface area contributed by atoms with Gasteiger partial charge in [0.25, 0.3) is 0 Å². The molecule has 2 saturated carbocycles. The zero-order valence-electron chi connectivity index (χ0n) is 21.0. The summed E-state index contributed by atoms with van der Waals surface area (Å²) in [4.78, 5) is 14.6. The third kappa shape index (κ3) is 4.15. The minimum atomic E-state index is 0.424. The number of hydrogen-bond donors (Lipinski definition) is 2. The van der Waals surface area contributed by atoms with E-state index in [1.165, 1.54) is 32.1 Å². The first-order chi connectivity index (χ1) is 18.2. The molecule has 0 bridgehead atoms. The second-order valence-corrected chi connectivity index (χ2v) is 10.7. The largest absolute Gasteiger partial charge is 0.382 e. The molecule has 2 aromatic carbocycles. The first kappa shape index (κ1) is 22.4. The topological polar surface area (TPSA) is 81.1 Å². The van der Waals surface area contributed by atoms with Crippen molar-refractivity contribution in [2.45, 2.75) is 62.9 Å². The fraction of sp³-hybridized carbons (Fsp3) is 0.323. The van der Waals surface area contributed by atoms with Crippen LogP contribution in [0.2, 0.25) is 0 Å². The fourth-order valence-corrected chi connectivity index (χ4v) is 6.18. The summed E-state index contributed by atoms with van der Waals surface area (Å²) in [5, 5.41) is 5.01. The summed E-state index contributed by atoms with van der Waals surface area (Å²) in [6.07, 6.45) is 12.8. The van der Waals surface area contributed by atoms with E-state index in [2.05, 4.69) is 57.2 Å². The Morgan fingerprint density at radius 2 is 1.65 bits per heavy atom. The van der Waals surface area contributed by atoms with Gasteiger partial charge in [-0.05, 0) is 37.8 Å². The number of imidazole rings is 1. The van der Waals surface area contributed by atoms with Crippen LogP contribution in [0.4, 0.5) is 5.82 Å². The summed E-state index contributed by atoms with van der Waals surface area (Å²) >= 11 is 0. The molecule has 0 aliphatic heterocycles. The van der Waals surface area contributed by atoms with Crippen molar-refractivity contribution in [2.24, 2.45) is 0 Å². The minimum absolute atomic E-state index is 0.424. The number of fused-ring (bicyclic) bond motifs is 2. The Kier molecular flexibility index (Phi) is 5.62. The highest BCUT2D eigenvalue weighted by Gasteiger charge is 2.35. The standard InChI is InChI=1S/C31H32N6/c32-30-29-28(22-12-11-21-13-14-26(35-27(21)19-22)20-7-3-1-4-8-20)36-31(37(29)16-15-33-30)23-17-25(18-23)34-24-9-5-2-6-10-24/h1,3-4,7-8,11-16,19,23-25,34H,2,5-6,9-10,17-18H2,(H2,32,33). The summed E-state index contributed by atoms with van der Waals surface area (Å²) in [5.74, 6) is 2.03. The van der Waals surface area contributed by atoms with Crippen LogP contribution in [0.15, 0.2) is 73.1 Å². The van der Waals surface area contributed by atoms with Gasteiger partial charge in [-0.2, -0.15) is 0 Å². The van der Waals surface area contributed by atoms with Crippen LogP contribution in [-0.2, 0) is 0 Å². The molecule has 2 aliphatic carbocycles. The number of hydrogen-bond acceptors (Lipinski definition) is 5. The molecule has 0 atom stereocenters. The number of rotatable bonds is 5. The average molecular weight is 489 g/mol. The number of nitrogens with zero attached hydrogens (tertiary/aromatic N) is 4. The zero-order valence-corrected chi connectivity index (χ0v) is 21.0. The lowest BCUT2D eigenvalue weighted by Crippen LogP contribution is -2.46. The summed E-state index contributed by atoms with van der Waals surface area (Å²) in [6.45, 7) is 0. The van der Waals surface area contributed by atoms with Crippen molar-refractivity contribution in [3.63, 3.8) is 0 Å². The second-order valence-electron chi connectivity index (χ2n) is 10.7. The Morgan fingerprint density at radius 3 is 2.49 bits per heavy atom. The maximum Gasteiger partial charge on any atom is 0.150 e. The van der Waals surface area contributed by atoms with E-state index in [1.807, 2.05) is 24.4 Å². The molecule has 2 fully saturated rings. The van der Waals surface area contributed by atoms with Crippen LogP contribution >= 0.6 is 0 Å². The molecule has 6 nitrogen and oxygen atoms in total. The first-order valence-corrected chi connectivity index (χ1v) is 13.6. The predicted octanol–water partition coefficient (Wildman–Crippen LogP) is 6.36. The molecule has 7 rings (SSSR count). The Labute approximate surface area is 217 Å². The van der Waals surface area contributed by atoms with Crippen molar-refractivity contribution in [2.75, 3.05) is 5.73 Å². The molecule has 5 aromatic rings. The van der Waals surface area contributed by atoms with E-state index < -0.39 is 0 Å². The highest BCUT2D eigenvalue weighted by molar-refractivity contribution is 5.91. The monoisotopic (exact) mass is 488 g/mol. The normalized spacial score (nSPS) is 20.3. The molecule has 0 unspecified atom stereocenters. The highest BCUT2D eigenvalue weighted by Crippen LogP contribution is 2.40. The number of benzene rings is 2. The van der Waals surface area contributed by atoms with Gasteiger partial charge in [0, 0.05) is 46.9 Å². The van der Waals surface area contributed by atoms with Gasteiger partial charge >= 0.3 is 0 Å². The van der Waals surface area contributed by atoms with Gasteiger partial charge in [-0.25, -0.2) is 15.0 Å². The van der Waals surface area contributed by atoms with Crippen LogP contribution in [0.25, 0.3) is 38.9 Å².